The van der Waals surface area contributed by atoms with Gasteiger partial charge in [0.1, 0.15) is 5.75 Å². The number of aryl methyl sites for hydroxylation is 2. The molecule has 0 saturated carbocycles. The van der Waals surface area contributed by atoms with Crippen LogP contribution in [0.5, 0.6) is 5.75 Å². The van der Waals surface area contributed by atoms with Gasteiger partial charge in [-0.25, -0.2) is 8.42 Å². The van der Waals surface area contributed by atoms with Crippen LogP contribution in [-0.2, 0) is 14.8 Å². The molecule has 3 aromatic rings. The molecule has 174 valence electrons. The Hall–Kier alpha value is -2.74. The molecular weight excluding hydrogens is 483 g/mol. The van der Waals surface area contributed by atoms with E-state index in [-0.39, 0.29) is 17.9 Å². The highest BCUT2D eigenvalue weighted by atomic mass is 35.5. The van der Waals surface area contributed by atoms with Gasteiger partial charge in [0, 0.05) is 18.0 Å². The molecule has 0 aliphatic rings. The lowest BCUT2D eigenvalue weighted by Gasteiger charge is -2.25. The number of halogens is 2. The standard InChI is InChI=1S/C24H24Cl2N2O4S/c1-16-4-10-21(14-17(16)2)33(30,31)28(19-6-8-20(32-3)9-7-19)13-12-24(29)27-23-15-18(25)5-11-22(23)26/h4-11,14-15H,12-13H2,1-3H3,(H,27,29). The normalized spacial score (nSPS) is 11.2. The first-order valence-corrected chi connectivity index (χ1v) is 12.3. The summed E-state index contributed by atoms with van der Waals surface area (Å²) >= 11 is 12.1. The molecule has 0 unspecified atom stereocenters. The van der Waals surface area contributed by atoms with Crippen LogP contribution in [0.1, 0.15) is 17.5 Å². The second kappa shape index (κ2) is 10.5. The van der Waals surface area contributed by atoms with E-state index in [9.17, 15) is 13.2 Å². The van der Waals surface area contributed by atoms with Crippen molar-refractivity contribution in [2.24, 2.45) is 0 Å². The first kappa shape index (κ1) is 24.9. The Labute approximate surface area is 204 Å². The number of nitrogens with one attached hydrogen (secondary N) is 1. The topological polar surface area (TPSA) is 75.7 Å². The zero-order valence-electron chi connectivity index (χ0n) is 18.4. The van der Waals surface area contributed by atoms with Crippen LogP contribution in [0, 0.1) is 13.8 Å². The summed E-state index contributed by atoms with van der Waals surface area (Å²) in [5.41, 5.74) is 2.63. The van der Waals surface area contributed by atoms with E-state index in [2.05, 4.69) is 5.32 Å². The molecule has 0 saturated heterocycles. The number of sulfonamides is 1. The Balaban J connectivity index is 1.89. The summed E-state index contributed by atoms with van der Waals surface area (Å²) < 4.78 is 33.5. The van der Waals surface area contributed by atoms with Crippen LogP contribution in [-0.4, -0.2) is 28.0 Å². The molecule has 0 radical (unpaired) electrons. The van der Waals surface area contributed by atoms with Crippen molar-refractivity contribution in [3.63, 3.8) is 0 Å². The minimum Gasteiger partial charge on any atom is -0.497 e. The molecule has 1 amide bonds. The zero-order valence-corrected chi connectivity index (χ0v) is 20.8. The SMILES string of the molecule is COc1ccc(N(CCC(=O)Nc2cc(Cl)ccc2Cl)S(=O)(=O)c2ccc(C)c(C)c2)cc1. The Morgan fingerprint density at radius 3 is 2.30 bits per heavy atom. The maximum atomic E-state index is 13.5. The molecule has 9 heteroatoms. The lowest BCUT2D eigenvalue weighted by molar-refractivity contribution is -0.116. The fraction of sp³-hybridized carbons (Fsp3) is 0.208. The molecule has 0 fully saturated rings. The van der Waals surface area contributed by atoms with Crippen molar-refractivity contribution in [2.75, 3.05) is 23.3 Å². The summed E-state index contributed by atoms with van der Waals surface area (Å²) in [6, 6.07) is 16.3. The number of carbonyl (C=O) groups is 1. The second-order valence-corrected chi connectivity index (χ2v) is 10.1. The van der Waals surface area contributed by atoms with E-state index in [0.29, 0.717) is 27.2 Å². The van der Waals surface area contributed by atoms with Gasteiger partial charge in [-0.2, -0.15) is 0 Å². The van der Waals surface area contributed by atoms with E-state index in [1.54, 1.807) is 54.6 Å². The van der Waals surface area contributed by atoms with E-state index in [4.69, 9.17) is 27.9 Å². The number of hydrogen-bond acceptors (Lipinski definition) is 4. The van der Waals surface area contributed by atoms with Crippen LogP contribution < -0.4 is 14.4 Å². The van der Waals surface area contributed by atoms with Gasteiger partial charge in [-0.05, 0) is 79.6 Å². The van der Waals surface area contributed by atoms with E-state index in [0.717, 1.165) is 11.1 Å². The Bertz CT molecular complexity index is 1260. The number of methoxy groups -OCH3 is 1. The first-order valence-electron chi connectivity index (χ1n) is 10.1. The van der Waals surface area contributed by atoms with Gasteiger partial charge in [-0.1, -0.05) is 29.3 Å². The van der Waals surface area contributed by atoms with E-state index < -0.39 is 15.9 Å². The van der Waals surface area contributed by atoms with Gasteiger partial charge in [-0.15, -0.1) is 0 Å². The molecule has 0 bridgehead atoms. The zero-order chi connectivity index (χ0) is 24.2. The molecule has 0 heterocycles. The van der Waals surface area contributed by atoms with Crippen molar-refractivity contribution < 1.29 is 17.9 Å². The number of hydrogen-bond donors (Lipinski definition) is 1. The van der Waals surface area contributed by atoms with E-state index >= 15 is 0 Å². The smallest absolute Gasteiger partial charge is 0.264 e. The number of rotatable bonds is 8. The highest BCUT2D eigenvalue weighted by molar-refractivity contribution is 7.92. The van der Waals surface area contributed by atoms with Gasteiger partial charge >= 0.3 is 0 Å². The molecule has 33 heavy (non-hydrogen) atoms. The Morgan fingerprint density at radius 2 is 1.67 bits per heavy atom. The first-order chi connectivity index (χ1) is 15.6. The van der Waals surface area contributed by atoms with Crippen molar-refractivity contribution in [1.82, 2.24) is 0 Å². The predicted molar refractivity (Wildman–Crippen MR) is 133 cm³/mol. The van der Waals surface area contributed by atoms with Gasteiger partial charge in [-0.3, -0.25) is 9.10 Å². The molecule has 0 aliphatic heterocycles. The van der Waals surface area contributed by atoms with E-state index in [1.165, 1.54) is 17.5 Å². The van der Waals surface area contributed by atoms with Crippen molar-refractivity contribution in [1.29, 1.82) is 0 Å². The molecule has 0 spiro atoms. The number of nitrogens with zero attached hydrogens (tertiary/aromatic N) is 1. The minimum atomic E-state index is -3.93. The van der Waals surface area contributed by atoms with Gasteiger partial charge in [0.15, 0.2) is 0 Å². The van der Waals surface area contributed by atoms with Crippen LogP contribution in [0.4, 0.5) is 11.4 Å². The largest absolute Gasteiger partial charge is 0.497 e. The Morgan fingerprint density at radius 1 is 0.970 bits per heavy atom. The Kier molecular flexibility index (Phi) is 7.89. The van der Waals surface area contributed by atoms with Gasteiger partial charge < -0.3 is 10.1 Å². The molecule has 0 aliphatic carbocycles. The molecule has 3 rings (SSSR count). The summed E-state index contributed by atoms with van der Waals surface area (Å²) in [5.74, 6) is 0.198. The van der Waals surface area contributed by atoms with Crippen molar-refractivity contribution in [2.45, 2.75) is 25.2 Å². The highest BCUT2D eigenvalue weighted by Gasteiger charge is 2.26. The molecule has 1 N–H and O–H groups in total. The third-order valence-corrected chi connectivity index (χ3v) is 7.56. The molecule has 6 nitrogen and oxygen atoms in total. The van der Waals surface area contributed by atoms with Crippen LogP contribution in [0.25, 0.3) is 0 Å². The van der Waals surface area contributed by atoms with Crippen LogP contribution in [0.15, 0.2) is 65.6 Å². The fourth-order valence-electron chi connectivity index (χ4n) is 3.15. The average Bonchev–Trinajstić information content (AvgIpc) is 2.78. The van der Waals surface area contributed by atoms with Gasteiger partial charge in [0.25, 0.3) is 10.0 Å². The summed E-state index contributed by atoms with van der Waals surface area (Å²) in [6.45, 7) is 3.69. The number of anilines is 2. The maximum Gasteiger partial charge on any atom is 0.264 e. The van der Waals surface area contributed by atoms with Crippen LogP contribution in [0.2, 0.25) is 10.0 Å². The van der Waals surface area contributed by atoms with Gasteiger partial charge in [0.2, 0.25) is 5.91 Å². The summed E-state index contributed by atoms with van der Waals surface area (Å²) in [7, 11) is -2.40. The lowest BCUT2D eigenvalue weighted by Crippen LogP contribution is -2.34. The number of carbonyl (C=O) groups excluding carboxylic acids is 1. The second-order valence-electron chi connectivity index (χ2n) is 7.44. The predicted octanol–water partition coefficient (Wildman–Crippen LogP) is 5.84. The van der Waals surface area contributed by atoms with E-state index in [1.807, 2.05) is 13.8 Å². The molecule has 0 aromatic heterocycles. The number of benzene rings is 3. The molecular formula is C24H24Cl2N2O4S. The average molecular weight is 507 g/mol. The lowest BCUT2D eigenvalue weighted by atomic mass is 10.1. The van der Waals surface area contributed by atoms with Crippen molar-refractivity contribution in [3.8, 4) is 5.75 Å². The molecule has 0 atom stereocenters. The summed E-state index contributed by atoms with van der Waals surface area (Å²) in [5, 5.41) is 3.45. The van der Waals surface area contributed by atoms with Crippen LogP contribution in [0.3, 0.4) is 0 Å². The van der Waals surface area contributed by atoms with Crippen molar-refractivity contribution >= 4 is 50.5 Å². The van der Waals surface area contributed by atoms with Gasteiger partial charge in [0.05, 0.1) is 28.4 Å². The maximum absolute atomic E-state index is 13.5. The number of amides is 1. The summed E-state index contributed by atoms with van der Waals surface area (Å²) in [6.07, 6.45) is -0.0983. The third-order valence-electron chi connectivity index (χ3n) is 5.17. The summed E-state index contributed by atoms with van der Waals surface area (Å²) in [4.78, 5) is 12.8. The number of ether oxygens (including phenoxy) is 1. The van der Waals surface area contributed by atoms with Crippen LogP contribution >= 0.6 is 23.2 Å². The monoisotopic (exact) mass is 506 g/mol. The quantitative estimate of drug-likeness (QED) is 0.416. The fourth-order valence-corrected chi connectivity index (χ4v) is 5.04. The molecule has 3 aromatic carbocycles. The third kappa shape index (κ3) is 5.99. The van der Waals surface area contributed by atoms with Crippen molar-refractivity contribution in [3.05, 3.63) is 81.8 Å². The minimum absolute atomic E-state index is 0.0778. The highest BCUT2D eigenvalue weighted by Crippen LogP contribution is 2.28.